The highest BCUT2D eigenvalue weighted by Crippen LogP contribution is 2.31. The number of methoxy groups -OCH3 is 1. The summed E-state index contributed by atoms with van der Waals surface area (Å²) in [5.41, 5.74) is 4.51. The van der Waals surface area contributed by atoms with Gasteiger partial charge in [-0.2, -0.15) is 0 Å². The van der Waals surface area contributed by atoms with E-state index in [2.05, 4.69) is 42.5 Å². The average molecular weight is 389 g/mol. The van der Waals surface area contributed by atoms with E-state index in [0.717, 1.165) is 22.7 Å². The zero-order valence-corrected chi connectivity index (χ0v) is 17.3. The molecular weight excluding hydrogens is 362 g/mol. The molecule has 5 nitrogen and oxygen atoms in total. The van der Waals surface area contributed by atoms with Crippen LogP contribution >= 0.6 is 0 Å². The summed E-state index contributed by atoms with van der Waals surface area (Å²) in [6.07, 6.45) is 3.30. The number of nitrogens with zero attached hydrogens (tertiary/aromatic N) is 1. The van der Waals surface area contributed by atoms with Crippen molar-refractivity contribution in [2.75, 3.05) is 12.4 Å². The van der Waals surface area contributed by atoms with Gasteiger partial charge in [-0.15, -0.1) is 0 Å². The predicted octanol–water partition coefficient (Wildman–Crippen LogP) is 5.06. The van der Waals surface area contributed by atoms with E-state index in [4.69, 9.17) is 4.74 Å². The molecule has 0 bridgehead atoms. The van der Waals surface area contributed by atoms with Crippen LogP contribution < -0.4 is 15.4 Å². The van der Waals surface area contributed by atoms with Crippen LogP contribution in [-0.4, -0.2) is 18.0 Å². The Hall–Kier alpha value is -3.34. The fourth-order valence-corrected chi connectivity index (χ4v) is 3.06. The van der Waals surface area contributed by atoms with Crippen LogP contribution in [-0.2, 0) is 12.0 Å². The van der Waals surface area contributed by atoms with Crippen molar-refractivity contribution in [2.24, 2.45) is 0 Å². The maximum atomic E-state index is 12.6. The average Bonchev–Trinajstić information content (AvgIpc) is 2.72. The highest BCUT2D eigenvalue weighted by Gasteiger charge is 2.17. The summed E-state index contributed by atoms with van der Waals surface area (Å²) in [5.74, 6) is 0.625. The minimum Gasteiger partial charge on any atom is -0.497 e. The van der Waals surface area contributed by atoms with Crippen molar-refractivity contribution >= 4 is 17.3 Å². The Labute approximate surface area is 172 Å². The molecule has 2 N–H and O–H groups in total. The van der Waals surface area contributed by atoms with Crippen molar-refractivity contribution in [3.05, 3.63) is 83.7 Å². The zero-order chi connectivity index (χ0) is 20.9. The van der Waals surface area contributed by atoms with Gasteiger partial charge in [0.2, 0.25) is 0 Å². The molecule has 0 unspecified atom stereocenters. The van der Waals surface area contributed by atoms with E-state index in [0.29, 0.717) is 12.1 Å². The smallest absolute Gasteiger partial charge is 0.253 e. The van der Waals surface area contributed by atoms with Crippen LogP contribution in [0.15, 0.2) is 67.0 Å². The van der Waals surface area contributed by atoms with Gasteiger partial charge in [-0.25, -0.2) is 0 Å². The zero-order valence-electron chi connectivity index (χ0n) is 17.3. The third kappa shape index (κ3) is 5.35. The first-order chi connectivity index (χ1) is 13.9. The molecule has 5 heteroatoms. The number of rotatable bonds is 6. The molecule has 1 heterocycles. The molecule has 0 fully saturated rings. The van der Waals surface area contributed by atoms with E-state index in [1.807, 2.05) is 48.5 Å². The van der Waals surface area contributed by atoms with Crippen molar-refractivity contribution in [3.8, 4) is 5.75 Å². The number of amides is 1. The van der Waals surface area contributed by atoms with Gasteiger partial charge in [0.25, 0.3) is 5.91 Å². The minimum absolute atomic E-state index is 0.00434. The molecule has 1 amide bonds. The Morgan fingerprint density at radius 1 is 1.03 bits per heavy atom. The maximum Gasteiger partial charge on any atom is 0.253 e. The topological polar surface area (TPSA) is 63.2 Å². The van der Waals surface area contributed by atoms with E-state index < -0.39 is 0 Å². The molecule has 29 heavy (non-hydrogen) atoms. The number of nitrogens with one attached hydrogen (secondary N) is 2. The van der Waals surface area contributed by atoms with Gasteiger partial charge < -0.3 is 15.4 Å². The van der Waals surface area contributed by atoms with Crippen molar-refractivity contribution in [1.82, 2.24) is 10.3 Å². The molecule has 0 aliphatic heterocycles. The van der Waals surface area contributed by atoms with Crippen molar-refractivity contribution in [1.29, 1.82) is 0 Å². The molecule has 0 spiro atoms. The fraction of sp³-hybridized carbons (Fsp3) is 0.250. The Morgan fingerprint density at radius 3 is 2.45 bits per heavy atom. The number of hydrogen-bond donors (Lipinski definition) is 2. The van der Waals surface area contributed by atoms with Gasteiger partial charge in [0.1, 0.15) is 5.75 Å². The van der Waals surface area contributed by atoms with Crippen molar-refractivity contribution < 1.29 is 9.53 Å². The third-order valence-corrected chi connectivity index (χ3v) is 4.63. The number of aromatic nitrogens is 1. The van der Waals surface area contributed by atoms with Crippen molar-refractivity contribution in [3.63, 3.8) is 0 Å². The number of carbonyl (C=O) groups excluding carboxylic acids is 1. The molecule has 0 atom stereocenters. The number of anilines is 2. The van der Waals surface area contributed by atoms with Crippen LogP contribution in [0.2, 0.25) is 0 Å². The standard InChI is InChI=1S/C24H27N3O2/c1-24(2,3)21-7-5-6-8-22(21)27-19-13-18(15-25-16-19)23(28)26-14-17-9-11-20(29-4)12-10-17/h5-13,15-16,27H,14H2,1-4H3,(H,26,28). The van der Waals surface area contributed by atoms with Crippen LogP contribution in [0.1, 0.15) is 42.3 Å². The second-order valence-electron chi connectivity index (χ2n) is 7.91. The van der Waals surface area contributed by atoms with E-state index in [-0.39, 0.29) is 11.3 Å². The first-order valence-corrected chi connectivity index (χ1v) is 9.59. The van der Waals surface area contributed by atoms with Gasteiger partial charge in [0, 0.05) is 18.4 Å². The first-order valence-electron chi connectivity index (χ1n) is 9.59. The molecule has 0 aliphatic carbocycles. The second-order valence-corrected chi connectivity index (χ2v) is 7.91. The molecular formula is C24H27N3O2. The SMILES string of the molecule is COc1ccc(CNC(=O)c2cncc(Nc3ccccc3C(C)(C)C)c2)cc1. The predicted molar refractivity (Wildman–Crippen MR) is 117 cm³/mol. The summed E-state index contributed by atoms with van der Waals surface area (Å²) in [6.45, 7) is 6.96. The van der Waals surface area contributed by atoms with E-state index >= 15 is 0 Å². The molecule has 0 radical (unpaired) electrons. The van der Waals surface area contributed by atoms with Crippen LogP contribution in [0.3, 0.4) is 0 Å². The minimum atomic E-state index is -0.166. The van der Waals surface area contributed by atoms with Crippen molar-refractivity contribution in [2.45, 2.75) is 32.7 Å². The third-order valence-electron chi connectivity index (χ3n) is 4.63. The molecule has 1 aromatic heterocycles. The summed E-state index contributed by atoms with van der Waals surface area (Å²) in [4.78, 5) is 16.8. The summed E-state index contributed by atoms with van der Waals surface area (Å²) in [5, 5.41) is 6.34. The van der Waals surface area contributed by atoms with E-state index in [9.17, 15) is 4.79 Å². The fourth-order valence-electron chi connectivity index (χ4n) is 3.06. The van der Waals surface area contributed by atoms with Crippen LogP contribution in [0.25, 0.3) is 0 Å². The Morgan fingerprint density at radius 2 is 1.76 bits per heavy atom. The molecule has 2 aromatic carbocycles. The molecule has 150 valence electrons. The lowest BCUT2D eigenvalue weighted by Gasteiger charge is -2.23. The van der Waals surface area contributed by atoms with Gasteiger partial charge in [0.05, 0.1) is 24.6 Å². The Kier molecular flexibility index (Phi) is 6.17. The summed E-state index contributed by atoms with van der Waals surface area (Å²) >= 11 is 0. The Bertz CT molecular complexity index is 976. The lowest BCUT2D eigenvalue weighted by molar-refractivity contribution is 0.0950. The molecule has 3 rings (SSSR count). The van der Waals surface area contributed by atoms with E-state index in [1.165, 1.54) is 5.56 Å². The maximum absolute atomic E-state index is 12.6. The number of ether oxygens (including phenoxy) is 1. The molecule has 0 saturated heterocycles. The van der Waals surface area contributed by atoms with Crippen LogP contribution in [0.4, 0.5) is 11.4 Å². The normalized spacial score (nSPS) is 11.0. The second kappa shape index (κ2) is 8.78. The van der Waals surface area contributed by atoms with Gasteiger partial charge in [-0.3, -0.25) is 9.78 Å². The monoisotopic (exact) mass is 389 g/mol. The molecule has 0 aliphatic rings. The number of pyridine rings is 1. The summed E-state index contributed by atoms with van der Waals surface area (Å²) < 4.78 is 5.15. The summed E-state index contributed by atoms with van der Waals surface area (Å²) in [6, 6.07) is 17.6. The van der Waals surface area contributed by atoms with Crippen LogP contribution in [0, 0.1) is 0 Å². The molecule has 3 aromatic rings. The number of benzene rings is 2. The van der Waals surface area contributed by atoms with E-state index in [1.54, 1.807) is 19.5 Å². The number of hydrogen-bond acceptors (Lipinski definition) is 4. The lowest BCUT2D eigenvalue weighted by atomic mass is 9.86. The summed E-state index contributed by atoms with van der Waals surface area (Å²) in [7, 11) is 1.63. The van der Waals surface area contributed by atoms with Gasteiger partial charge >= 0.3 is 0 Å². The van der Waals surface area contributed by atoms with Gasteiger partial charge in [-0.05, 0) is 40.8 Å². The lowest BCUT2D eigenvalue weighted by Crippen LogP contribution is -2.23. The van der Waals surface area contributed by atoms with Gasteiger partial charge in [-0.1, -0.05) is 51.1 Å². The number of carbonyl (C=O) groups is 1. The highest BCUT2D eigenvalue weighted by atomic mass is 16.5. The first kappa shape index (κ1) is 20.4. The van der Waals surface area contributed by atoms with Crippen LogP contribution in [0.5, 0.6) is 5.75 Å². The largest absolute Gasteiger partial charge is 0.497 e. The van der Waals surface area contributed by atoms with Gasteiger partial charge in [0.15, 0.2) is 0 Å². The number of para-hydroxylation sites is 1. The Balaban J connectivity index is 1.70. The molecule has 0 saturated carbocycles. The highest BCUT2D eigenvalue weighted by molar-refractivity contribution is 5.94. The quantitative estimate of drug-likeness (QED) is 0.618.